The van der Waals surface area contributed by atoms with E-state index in [4.69, 9.17) is 22.2 Å². The van der Waals surface area contributed by atoms with Crippen LogP contribution in [0.25, 0.3) is 0 Å². The van der Waals surface area contributed by atoms with Gasteiger partial charge in [-0.25, -0.2) is 4.79 Å². The number of amidine groups is 1. The minimum Gasteiger partial charge on any atom is -0.380 e. The zero-order valence-electron chi connectivity index (χ0n) is 10.8. The molecule has 2 rings (SSSR count). The average molecular weight is 293 g/mol. The Morgan fingerprint density at radius 1 is 1.45 bits per heavy atom. The third-order valence-corrected chi connectivity index (χ3v) is 2.86. The summed E-state index contributed by atoms with van der Waals surface area (Å²) in [6, 6.07) is 9.02. The first-order valence-corrected chi connectivity index (χ1v) is 6.22. The maximum Gasteiger partial charge on any atom is 0.356 e. The highest BCUT2D eigenvalue weighted by Crippen LogP contribution is 2.11. The van der Waals surface area contributed by atoms with E-state index in [1.165, 1.54) is 4.68 Å². The quantitative estimate of drug-likeness (QED) is 0.402. The average Bonchev–Trinajstić information content (AvgIpc) is 2.75. The molecule has 1 aromatic carbocycles. The predicted octanol–water partition coefficient (Wildman–Crippen LogP) is 1.71. The monoisotopic (exact) mass is 292 g/mol. The standard InChI is InChI=1S/C13H13ClN4O2/c1-9-11(14)7-18(16-9)8-12(19)20-17-13(15)10-5-3-2-4-6-10/h2-7H,8H2,1H3,(H2,15,17). The maximum atomic E-state index is 11.6. The minimum absolute atomic E-state index is 0.0842. The Morgan fingerprint density at radius 2 is 2.15 bits per heavy atom. The third kappa shape index (κ3) is 3.58. The maximum absolute atomic E-state index is 11.6. The molecule has 0 aliphatic heterocycles. The number of carbonyl (C=O) groups excluding carboxylic acids is 1. The summed E-state index contributed by atoms with van der Waals surface area (Å²) in [5.74, 6) is -0.448. The molecule has 0 saturated heterocycles. The molecule has 0 aliphatic carbocycles. The highest BCUT2D eigenvalue weighted by atomic mass is 35.5. The van der Waals surface area contributed by atoms with Gasteiger partial charge in [0.1, 0.15) is 6.54 Å². The van der Waals surface area contributed by atoms with Gasteiger partial charge in [-0.05, 0) is 6.92 Å². The second kappa shape index (κ2) is 6.21. The fraction of sp³-hybridized carbons (Fsp3) is 0.154. The molecule has 104 valence electrons. The smallest absolute Gasteiger partial charge is 0.356 e. The molecule has 0 aliphatic rings. The number of oxime groups is 1. The SMILES string of the molecule is Cc1nn(CC(=O)O/N=C(\N)c2ccccc2)cc1Cl. The van der Waals surface area contributed by atoms with E-state index in [9.17, 15) is 4.79 Å². The molecule has 0 bridgehead atoms. The number of hydrogen-bond donors (Lipinski definition) is 1. The van der Waals surface area contributed by atoms with Gasteiger partial charge in [0.25, 0.3) is 0 Å². The van der Waals surface area contributed by atoms with E-state index in [2.05, 4.69) is 10.3 Å². The van der Waals surface area contributed by atoms with Gasteiger partial charge in [0.2, 0.25) is 0 Å². The molecule has 20 heavy (non-hydrogen) atoms. The molecule has 0 amide bonds. The van der Waals surface area contributed by atoms with E-state index >= 15 is 0 Å². The van der Waals surface area contributed by atoms with Gasteiger partial charge in [0.15, 0.2) is 5.84 Å². The van der Waals surface area contributed by atoms with Crippen LogP contribution in [0.1, 0.15) is 11.3 Å². The Labute approximate surface area is 120 Å². The van der Waals surface area contributed by atoms with Gasteiger partial charge in [-0.15, -0.1) is 0 Å². The lowest BCUT2D eigenvalue weighted by Crippen LogP contribution is -2.17. The van der Waals surface area contributed by atoms with Crippen molar-refractivity contribution >= 4 is 23.4 Å². The lowest BCUT2D eigenvalue weighted by atomic mass is 10.2. The Balaban J connectivity index is 1.95. The summed E-state index contributed by atoms with van der Waals surface area (Å²) in [7, 11) is 0. The summed E-state index contributed by atoms with van der Waals surface area (Å²) in [6.45, 7) is 1.66. The molecule has 0 saturated carbocycles. The fourth-order valence-electron chi connectivity index (χ4n) is 1.50. The van der Waals surface area contributed by atoms with Crippen molar-refractivity contribution in [3.8, 4) is 0 Å². The Kier molecular flexibility index (Phi) is 4.37. The lowest BCUT2D eigenvalue weighted by Gasteiger charge is -2.01. The number of rotatable bonds is 4. The Bertz CT molecular complexity index is 618. The van der Waals surface area contributed by atoms with Crippen molar-refractivity contribution in [1.82, 2.24) is 9.78 Å². The van der Waals surface area contributed by atoms with Crippen molar-refractivity contribution in [1.29, 1.82) is 0 Å². The summed E-state index contributed by atoms with van der Waals surface area (Å²) in [4.78, 5) is 16.3. The molecule has 0 fully saturated rings. The molecule has 6 nitrogen and oxygen atoms in total. The second-order valence-electron chi connectivity index (χ2n) is 4.07. The molecule has 2 N–H and O–H groups in total. The van der Waals surface area contributed by atoms with Gasteiger partial charge in [0.05, 0.1) is 10.7 Å². The van der Waals surface area contributed by atoms with Gasteiger partial charge in [-0.1, -0.05) is 47.1 Å². The zero-order valence-corrected chi connectivity index (χ0v) is 11.5. The zero-order chi connectivity index (χ0) is 14.5. The van der Waals surface area contributed by atoms with Crippen molar-refractivity contribution in [2.45, 2.75) is 13.5 Å². The van der Waals surface area contributed by atoms with Crippen molar-refractivity contribution in [2.24, 2.45) is 10.9 Å². The van der Waals surface area contributed by atoms with Crippen LogP contribution in [0.3, 0.4) is 0 Å². The van der Waals surface area contributed by atoms with Crippen LogP contribution in [-0.2, 0) is 16.2 Å². The molecule has 0 atom stereocenters. The van der Waals surface area contributed by atoms with E-state index in [0.29, 0.717) is 16.3 Å². The summed E-state index contributed by atoms with van der Waals surface area (Å²) in [5.41, 5.74) is 7.02. The molecule has 7 heteroatoms. The van der Waals surface area contributed by atoms with E-state index in [-0.39, 0.29) is 12.4 Å². The number of hydrogen-bond acceptors (Lipinski definition) is 4. The normalized spacial score (nSPS) is 11.4. The van der Waals surface area contributed by atoms with Gasteiger partial charge >= 0.3 is 5.97 Å². The largest absolute Gasteiger partial charge is 0.380 e. The van der Waals surface area contributed by atoms with Crippen LogP contribution in [0.5, 0.6) is 0 Å². The summed E-state index contributed by atoms with van der Waals surface area (Å²) < 4.78 is 1.38. The fourth-order valence-corrected chi connectivity index (χ4v) is 1.65. The molecule has 0 unspecified atom stereocenters. The molecule has 0 spiro atoms. The molecule has 0 radical (unpaired) electrons. The number of aromatic nitrogens is 2. The Morgan fingerprint density at radius 3 is 2.75 bits per heavy atom. The van der Waals surface area contributed by atoms with Crippen LogP contribution in [-0.4, -0.2) is 21.6 Å². The number of benzene rings is 1. The van der Waals surface area contributed by atoms with Gasteiger partial charge in [-0.3, -0.25) is 4.68 Å². The van der Waals surface area contributed by atoms with Crippen LogP contribution in [0.2, 0.25) is 5.02 Å². The van der Waals surface area contributed by atoms with E-state index in [0.717, 1.165) is 0 Å². The van der Waals surface area contributed by atoms with Crippen molar-refractivity contribution in [2.75, 3.05) is 0 Å². The summed E-state index contributed by atoms with van der Waals surface area (Å²) in [6.07, 6.45) is 1.54. The first-order valence-electron chi connectivity index (χ1n) is 5.84. The second-order valence-corrected chi connectivity index (χ2v) is 4.47. The topological polar surface area (TPSA) is 82.5 Å². The summed E-state index contributed by atoms with van der Waals surface area (Å²) in [5, 5.41) is 8.12. The predicted molar refractivity (Wildman–Crippen MR) is 75.2 cm³/mol. The number of carbonyl (C=O) groups is 1. The lowest BCUT2D eigenvalue weighted by molar-refractivity contribution is -0.144. The first kappa shape index (κ1) is 14.1. The molecule has 2 aromatic rings. The van der Waals surface area contributed by atoms with Gasteiger partial charge in [0, 0.05) is 11.8 Å². The summed E-state index contributed by atoms with van der Waals surface area (Å²) >= 11 is 5.84. The van der Waals surface area contributed by atoms with Crippen LogP contribution in [0, 0.1) is 6.92 Å². The van der Waals surface area contributed by atoms with Gasteiger partial charge in [-0.2, -0.15) is 5.10 Å². The van der Waals surface area contributed by atoms with Crippen molar-refractivity contribution in [3.63, 3.8) is 0 Å². The van der Waals surface area contributed by atoms with Crippen LogP contribution in [0.15, 0.2) is 41.7 Å². The van der Waals surface area contributed by atoms with Crippen molar-refractivity contribution < 1.29 is 9.63 Å². The molecular formula is C13H13ClN4O2. The first-order chi connectivity index (χ1) is 9.56. The number of aryl methyl sites for hydroxylation is 1. The molecule has 1 aromatic heterocycles. The number of halogens is 1. The van der Waals surface area contributed by atoms with Crippen LogP contribution >= 0.6 is 11.6 Å². The highest BCUT2D eigenvalue weighted by Gasteiger charge is 2.08. The van der Waals surface area contributed by atoms with Crippen LogP contribution < -0.4 is 5.73 Å². The molecular weight excluding hydrogens is 280 g/mol. The van der Waals surface area contributed by atoms with E-state index < -0.39 is 5.97 Å². The van der Waals surface area contributed by atoms with Crippen molar-refractivity contribution in [3.05, 3.63) is 52.8 Å². The van der Waals surface area contributed by atoms with Gasteiger partial charge < -0.3 is 10.6 Å². The minimum atomic E-state index is -0.581. The van der Waals surface area contributed by atoms with E-state index in [1.54, 1.807) is 25.3 Å². The highest BCUT2D eigenvalue weighted by molar-refractivity contribution is 6.31. The number of nitrogens with two attached hydrogens (primary N) is 1. The van der Waals surface area contributed by atoms with E-state index in [1.807, 2.05) is 18.2 Å². The third-order valence-electron chi connectivity index (χ3n) is 2.49. The number of nitrogens with zero attached hydrogens (tertiary/aromatic N) is 3. The molecule has 1 heterocycles. The van der Waals surface area contributed by atoms with Crippen LogP contribution in [0.4, 0.5) is 0 Å². The Hall–Kier alpha value is -2.34.